The van der Waals surface area contributed by atoms with Crippen molar-refractivity contribution in [3.05, 3.63) is 33.8 Å². The van der Waals surface area contributed by atoms with Crippen molar-refractivity contribution in [1.29, 1.82) is 0 Å². The summed E-state index contributed by atoms with van der Waals surface area (Å²) in [6, 6.07) is 5.59. The van der Waals surface area contributed by atoms with Crippen molar-refractivity contribution in [3.8, 4) is 0 Å². The monoisotopic (exact) mass is 376 g/mol. The lowest BCUT2D eigenvalue weighted by Gasteiger charge is -2.26. The maximum atomic E-state index is 12.8. The van der Waals surface area contributed by atoms with E-state index in [1.165, 1.54) is 0 Å². The molecule has 2 aliphatic rings. The quantitative estimate of drug-likeness (QED) is 0.854. The van der Waals surface area contributed by atoms with Crippen LogP contribution in [0.15, 0.2) is 18.2 Å². The summed E-state index contributed by atoms with van der Waals surface area (Å²) in [5, 5.41) is 4.48. The molecule has 6 heteroatoms. The van der Waals surface area contributed by atoms with E-state index in [2.05, 4.69) is 5.32 Å². The van der Waals surface area contributed by atoms with E-state index in [1.807, 2.05) is 24.0 Å². The third kappa shape index (κ3) is 3.96. The molecule has 1 aliphatic carbocycles. The van der Waals surface area contributed by atoms with E-state index in [-0.39, 0.29) is 23.7 Å². The first kappa shape index (κ1) is 18.9. The highest BCUT2D eigenvalue weighted by atomic mass is 35.5. The number of amides is 1. The number of hydrogen-bond acceptors (Lipinski definition) is 2. The Morgan fingerprint density at radius 1 is 1.30 bits per heavy atom. The number of benzene rings is 1. The van der Waals surface area contributed by atoms with Crippen LogP contribution in [0.1, 0.15) is 31.7 Å². The van der Waals surface area contributed by atoms with E-state index in [1.54, 1.807) is 6.07 Å². The molecule has 3 nitrogen and oxygen atoms in total. The van der Waals surface area contributed by atoms with Crippen LogP contribution in [0.4, 0.5) is 0 Å². The van der Waals surface area contributed by atoms with Gasteiger partial charge in [0.25, 0.3) is 0 Å². The van der Waals surface area contributed by atoms with Gasteiger partial charge in [0.05, 0.1) is 10.0 Å². The number of rotatable bonds is 4. The predicted molar refractivity (Wildman–Crippen MR) is 97.4 cm³/mol. The third-order valence-electron chi connectivity index (χ3n) is 5.14. The first-order valence-electron chi connectivity index (χ1n) is 7.99. The molecule has 1 unspecified atom stereocenters. The molecule has 128 valence electrons. The number of halogens is 3. The van der Waals surface area contributed by atoms with Gasteiger partial charge in [-0.05, 0) is 62.4 Å². The number of hydrogen-bond donors (Lipinski definition) is 1. The average molecular weight is 378 g/mol. The van der Waals surface area contributed by atoms with Crippen LogP contribution in [0.5, 0.6) is 0 Å². The minimum absolute atomic E-state index is 0. The van der Waals surface area contributed by atoms with E-state index >= 15 is 0 Å². The second-order valence-electron chi connectivity index (χ2n) is 6.47. The molecular weight excluding hydrogens is 355 g/mol. The van der Waals surface area contributed by atoms with Crippen LogP contribution in [0.25, 0.3) is 0 Å². The van der Waals surface area contributed by atoms with Gasteiger partial charge in [-0.15, -0.1) is 12.4 Å². The molecule has 3 rings (SSSR count). The van der Waals surface area contributed by atoms with E-state index in [0.29, 0.717) is 22.5 Å². The molecule has 1 atom stereocenters. The van der Waals surface area contributed by atoms with Gasteiger partial charge >= 0.3 is 0 Å². The van der Waals surface area contributed by atoms with Gasteiger partial charge in [0.1, 0.15) is 0 Å². The number of piperidine rings is 1. The van der Waals surface area contributed by atoms with Gasteiger partial charge in [-0.25, -0.2) is 0 Å². The minimum Gasteiger partial charge on any atom is -0.338 e. The smallest absolute Gasteiger partial charge is 0.226 e. The zero-order valence-corrected chi connectivity index (χ0v) is 15.6. The van der Waals surface area contributed by atoms with Crippen molar-refractivity contribution >= 4 is 41.5 Å². The number of nitrogens with zero attached hydrogens (tertiary/aromatic N) is 1. The fourth-order valence-corrected chi connectivity index (χ4v) is 3.92. The fourth-order valence-electron chi connectivity index (χ4n) is 3.60. The molecule has 1 N–H and O–H groups in total. The lowest BCUT2D eigenvalue weighted by atomic mass is 9.91. The standard InChI is InChI=1S/C17H22Cl2N2O.ClH/c1-2-21(11-12-3-4-14(18)15(19)9-12)16(22)13-10-17(13)5-7-20-8-6-17;/h3-4,9,13,20H,2,5-8,10-11H2,1H3;1H. The lowest BCUT2D eigenvalue weighted by Crippen LogP contribution is -2.36. The third-order valence-corrected chi connectivity index (χ3v) is 5.88. The second kappa shape index (κ2) is 7.60. The molecular formula is C17H23Cl3N2O. The Hall–Kier alpha value is -0.480. The van der Waals surface area contributed by atoms with Crippen molar-refractivity contribution < 1.29 is 4.79 Å². The van der Waals surface area contributed by atoms with Gasteiger partial charge in [0.15, 0.2) is 0 Å². The van der Waals surface area contributed by atoms with E-state index in [4.69, 9.17) is 23.2 Å². The first-order valence-corrected chi connectivity index (χ1v) is 8.75. The van der Waals surface area contributed by atoms with Gasteiger partial charge < -0.3 is 10.2 Å². The van der Waals surface area contributed by atoms with Crippen molar-refractivity contribution in [2.75, 3.05) is 19.6 Å². The van der Waals surface area contributed by atoms with Crippen LogP contribution in [0.2, 0.25) is 10.0 Å². The molecule has 1 amide bonds. The highest BCUT2D eigenvalue weighted by Crippen LogP contribution is 2.59. The van der Waals surface area contributed by atoms with E-state index in [0.717, 1.165) is 44.5 Å². The molecule has 0 aromatic heterocycles. The van der Waals surface area contributed by atoms with Crippen molar-refractivity contribution in [2.45, 2.75) is 32.7 Å². The minimum atomic E-state index is 0. The van der Waals surface area contributed by atoms with Crippen LogP contribution in [0, 0.1) is 11.3 Å². The number of nitrogens with one attached hydrogen (secondary N) is 1. The fraction of sp³-hybridized carbons (Fsp3) is 0.588. The molecule has 1 saturated carbocycles. The predicted octanol–water partition coefficient (Wildman–Crippen LogP) is 4.15. The Morgan fingerprint density at radius 3 is 2.61 bits per heavy atom. The molecule has 1 spiro atoms. The molecule has 1 aromatic rings. The van der Waals surface area contributed by atoms with Gasteiger partial charge in [0.2, 0.25) is 5.91 Å². The molecule has 1 heterocycles. The zero-order chi connectivity index (χ0) is 15.7. The molecule has 1 saturated heterocycles. The van der Waals surface area contributed by atoms with Gasteiger partial charge in [-0.3, -0.25) is 4.79 Å². The van der Waals surface area contributed by atoms with E-state index < -0.39 is 0 Å². The normalized spacial score (nSPS) is 21.6. The van der Waals surface area contributed by atoms with Crippen molar-refractivity contribution in [1.82, 2.24) is 10.2 Å². The molecule has 0 radical (unpaired) electrons. The maximum Gasteiger partial charge on any atom is 0.226 e. The second-order valence-corrected chi connectivity index (χ2v) is 7.28. The summed E-state index contributed by atoms with van der Waals surface area (Å²) in [6.45, 7) is 5.46. The van der Waals surface area contributed by atoms with Gasteiger partial charge in [-0.1, -0.05) is 29.3 Å². The SMILES string of the molecule is CCN(Cc1ccc(Cl)c(Cl)c1)C(=O)C1CC12CCNCC2.Cl. The van der Waals surface area contributed by atoms with Crippen LogP contribution < -0.4 is 5.32 Å². The molecule has 1 aromatic carbocycles. The van der Waals surface area contributed by atoms with Crippen LogP contribution in [-0.4, -0.2) is 30.4 Å². The summed E-state index contributed by atoms with van der Waals surface area (Å²) in [6.07, 6.45) is 3.33. The topological polar surface area (TPSA) is 32.3 Å². The zero-order valence-electron chi connectivity index (χ0n) is 13.3. The van der Waals surface area contributed by atoms with Crippen LogP contribution in [-0.2, 0) is 11.3 Å². The van der Waals surface area contributed by atoms with Crippen LogP contribution >= 0.6 is 35.6 Å². The summed E-state index contributed by atoms with van der Waals surface area (Å²) in [4.78, 5) is 14.8. The Bertz CT molecular complexity index is 573. The molecule has 2 fully saturated rings. The first-order chi connectivity index (χ1) is 10.6. The Labute approximate surface area is 154 Å². The molecule has 23 heavy (non-hydrogen) atoms. The average Bonchev–Trinajstić information content (AvgIpc) is 3.21. The van der Waals surface area contributed by atoms with E-state index in [9.17, 15) is 4.79 Å². The number of carbonyl (C=O) groups excluding carboxylic acids is 1. The summed E-state index contributed by atoms with van der Waals surface area (Å²) in [7, 11) is 0. The Balaban J connectivity index is 0.00000192. The highest BCUT2D eigenvalue weighted by Gasteiger charge is 2.58. The van der Waals surface area contributed by atoms with Crippen molar-refractivity contribution in [2.24, 2.45) is 11.3 Å². The number of carbonyl (C=O) groups is 1. The van der Waals surface area contributed by atoms with Crippen LogP contribution in [0.3, 0.4) is 0 Å². The van der Waals surface area contributed by atoms with Gasteiger partial charge in [-0.2, -0.15) is 0 Å². The summed E-state index contributed by atoms with van der Waals surface area (Å²) < 4.78 is 0. The summed E-state index contributed by atoms with van der Waals surface area (Å²) in [5.41, 5.74) is 1.32. The summed E-state index contributed by atoms with van der Waals surface area (Å²) >= 11 is 12.0. The molecule has 0 bridgehead atoms. The lowest BCUT2D eigenvalue weighted by molar-refractivity contribution is -0.134. The maximum absolute atomic E-state index is 12.8. The van der Waals surface area contributed by atoms with Gasteiger partial charge in [0, 0.05) is 19.0 Å². The Kier molecular flexibility index (Phi) is 6.23. The summed E-state index contributed by atoms with van der Waals surface area (Å²) in [5.74, 6) is 0.521. The largest absolute Gasteiger partial charge is 0.338 e. The molecule has 1 aliphatic heterocycles. The Morgan fingerprint density at radius 2 is 2.00 bits per heavy atom. The van der Waals surface area contributed by atoms with Crippen molar-refractivity contribution in [3.63, 3.8) is 0 Å². The highest BCUT2D eigenvalue weighted by molar-refractivity contribution is 6.42.